The molecule has 2 aromatic heterocycles. The molecule has 2 heterocycles. The normalized spacial score (nSPS) is 10.3. The molecule has 0 saturated heterocycles. The second kappa shape index (κ2) is 5.31. The Balaban J connectivity index is 2.01. The average molecular weight is 245 g/mol. The summed E-state index contributed by atoms with van der Waals surface area (Å²) < 4.78 is 1.63. The van der Waals surface area contributed by atoms with E-state index in [1.807, 2.05) is 19.1 Å². The Labute approximate surface area is 105 Å². The van der Waals surface area contributed by atoms with Crippen LogP contribution in [-0.4, -0.2) is 20.7 Å². The number of nitrogens with zero attached hydrogens (tertiary/aromatic N) is 3. The third-order valence-corrected chi connectivity index (χ3v) is 2.50. The topological polar surface area (TPSA) is 85.8 Å². The number of nitrogens with two attached hydrogens (primary N) is 1. The van der Waals surface area contributed by atoms with Gasteiger partial charge >= 0.3 is 0 Å². The SMILES string of the molecule is CCn1cc(N)c(C(=O)NCc2cccnc2)n1. The van der Waals surface area contributed by atoms with E-state index < -0.39 is 0 Å². The summed E-state index contributed by atoms with van der Waals surface area (Å²) in [6.07, 6.45) is 5.04. The maximum absolute atomic E-state index is 11.9. The van der Waals surface area contributed by atoms with Gasteiger partial charge in [-0.15, -0.1) is 0 Å². The monoisotopic (exact) mass is 245 g/mol. The highest BCUT2D eigenvalue weighted by Crippen LogP contribution is 2.09. The van der Waals surface area contributed by atoms with E-state index in [-0.39, 0.29) is 11.6 Å². The van der Waals surface area contributed by atoms with Gasteiger partial charge in [-0.3, -0.25) is 14.5 Å². The summed E-state index contributed by atoms with van der Waals surface area (Å²) in [7, 11) is 0. The van der Waals surface area contributed by atoms with Crippen molar-refractivity contribution in [3.05, 3.63) is 42.0 Å². The van der Waals surface area contributed by atoms with Crippen LogP contribution in [0, 0.1) is 0 Å². The maximum atomic E-state index is 11.9. The van der Waals surface area contributed by atoms with Crippen molar-refractivity contribution in [1.29, 1.82) is 0 Å². The summed E-state index contributed by atoms with van der Waals surface area (Å²) in [6.45, 7) is 3.02. The molecular formula is C12H15N5O. The predicted molar refractivity (Wildman–Crippen MR) is 67.7 cm³/mol. The lowest BCUT2D eigenvalue weighted by Gasteiger charge is -2.03. The van der Waals surface area contributed by atoms with Crippen LogP contribution in [-0.2, 0) is 13.1 Å². The molecule has 6 nitrogen and oxygen atoms in total. The number of amides is 1. The highest BCUT2D eigenvalue weighted by atomic mass is 16.1. The van der Waals surface area contributed by atoms with E-state index in [1.165, 1.54) is 0 Å². The number of rotatable bonds is 4. The summed E-state index contributed by atoms with van der Waals surface area (Å²) in [4.78, 5) is 15.9. The zero-order valence-corrected chi connectivity index (χ0v) is 10.1. The molecule has 0 aliphatic rings. The second-order valence-electron chi connectivity index (χ2n) is 3.83. The van der Waals surface area contributed by atoms with Crippen LogP contribution in [0.3, 0.4) is 0 Å². The first kappa shape index (κ1) is 12.1. The number of hydrogen-bond acceptors (Lipinski definition) is 4. The molecular weight excluding hydrogens is 230 g/mol. The molecule has 18 heavy (non-hydrogen) atoms. The number of pyridine rings is 1. The quantitative estimate of drug-likeness (QED) is 0.834. The van der Waals surface area contributed by atoms with Crippen LogP contribution in [0.2, 0.25) is 0 Å². The number of aromatic nitrogens is 3. The number of anilines is 1. The molecule has 0 aromatic carbocycles. The fraction of sp³-hybridized carbons (Fsp3) is 0.250. The van der Waals surface area contributed by atoms with Crippen LogP contribution in [0.1, 0.15) is 23.0 Å². The number of aryl methyl sites for hydroxylation is 1. The average Bonchev–Trinajstić information content (AvgIpc) is 2.78. The van der Waals surface area contributed by atoms with E-state index in [4.69, 9.17) is 5.73 Å². The van der Waals surface area contributed by atoms with Crippen molar-refractivity contribution in [2.75, 3.05) is 5.73 Å². The Hall–Kier alpha value is -2.37. The lowest BCUT2D eigenvalue weighted by molar-refractivity contribution is 0.0946. The van der Waals surface area contributed by atoms with Gasteiger partial charge in [0.1, 0.15) is 0 Å². The highest BCUT2D eigenvalue weighted by Gasteiger charge is 2.13. The largest absolute Gasteiger partial charge is 0.396 e. The van der Waals surface area contributed by atoms with Crippen LogP contribution in [0.5, 0.6) is 0 Å². The van der Waals surface area contributed by atoms with Gasteiger partial charge in [-0.25, -0.2) is 0 Å². The molecule has 0 unspecified atom stereocenters. The first-order chi connectivity index (χ1) is 8.70. The minimum atomic E-state index is -0.274. The van der Waals surface area contributed by atoms with Crippen LogP contribution in [0.25, 0.3) is 0 Å². The summed E-state index contributed by atoms with van der Waals surface area (Å²) in [5, 5.41) is 6.86. The third-order valence-electron chi connectivity index (χ3n) is 2.50. The minimum absolute atomic E-state index is 0.265. The lowest BCUT2D eigenvalue weighted by Crippen LogP contribution is -2.24. The molecule has 94 valence electrons. The van der Waals surface area contributed by atoms with E-state index in [9.17, 15) is 4.79 Å². The second-order valence-corrected chi connectivity index (χ2v) is 3.83. The van der Waals surface area contributed by atoms with E-state index in [0.717, 1.165) is 5.56 Å². The van der Waals surface area contributed by atoms with Gasteiger partial charge in [-0.2, -0.15) is 5.10 Å². The molecule has 0 bridgehead atoms. The number of nitrogens with one attached hydrogen (secondary N) is 1. The molecule has 0 saturated carbocycles. The molecule has 2 aromatic rings. The molecule has 3 N–H and O–H groups in total. The van der Waals surface area contributed by atoms with Gasteiger partial charge in [0.25, 0.3) is 5.91 Å². The summed E-state index contributed by atoms with van der Waals surface area (Å²) >= 11 is 0. The van der Waals surface area contributed by atoms with Crippen molar-refractivity contribution < 1.29 is 4.79 Å². The van der Waals surface area contributed by atoms with Crippen molar-refractivity contribution >= 4 is 11.6 Å². The summed E-state index contributed by atoms with van der Waals surface area (Å²) in [5.74, 6) is -0.274. The van der Waals surface area contributed by atoms with Gasteiger partial charge in [0, 0.05) is 31.7 Å². The molecule has 0 atom stereocenters. The molecule has 0 aliphatic heterocycles. The van der Waals surface area contributed by atoms with Crippen molar-refractivity contribution in [3.63, 3.8) is 0 Å². The van der Waals surface area contributed by atoms with Gasteiger partial charge in [0.05, 0.1) is 5.69 Å². The summed E-state index contributed by atoms with van der Waals surface area (Å²) in [6, 6.07) is 3.71. The van der Waals surface area contributed by atoms with Gasteiger partial charge < -0.3 is 11.1 Å². The molecule has 0 spiro atoms. The van der Waals surface area contributed by atoms with Gasteiger partial charge in [0.2, 0.25) is 0 Å². The Morgan fingerprint density at radius 2 is 2.39 bits per heavy atom. The first-order valence-electron chi connectivity index (χ1n) is 5.70. The smallest absolute Gasteiger partial charge is 0.274 e. The Kier molecular flexibility index (Phi) is 3.57. The van der Waals surface area contributed by atoms with Crippen molar-refractivity contribution in [2.24, 2.45) is 0 Å². The van der Waals surface area contributed by atoms with Crippen molar-refractivity contribution in [1.82, 2.24) is 20.1 Å². The Morgan fingerprint density at radius 3 is 3.00 bits per heavy atom. The molecule has 1 amide bonds. The Bertz CT molecular complexity index is 535. The van der Waals surface area contributed by atoms with E-state index in [2.05, 4.69) is 15.4 Å². The number of nitrogen functional groups attached to an aromatic ring is 1. The van der Waals surface area contributed by atoms with Crippen LogP contribution < -0.4 is 11.1 Å². The van der Waals surface area contributed by atoms with E-state index in [1.54, 1.807) is 23.3 Å². The zero-order valence-electron chi connectivity index (χ0n) is 10.1. The molecule has 0 fully saturated rings. The predicted octanol–water partition coefficient (Wildman–Crippen LogP) is 0.810. The fourth-order valence-corrected chi connectivity index (χ4v) is 1.54. The molecule has 6 heteroatoms. The fourth-order valence-electron chi connectivity index (χ4n) is 1.54. The third kappa shape index (κ3) is 2.65. The van der Waals surface area contributed by atoms with Crippen LogP contribution >= 0.6 is 0 Å². The van der Waals surface area contributed by atoms with Crippen molar-refractivity contribution in [2.45, 2.75) is 20.0 Å². The van der Waals surface area contributed by atoms with Crippen LogP contribution in [0.15, 0.2) is 30.7 Å². The number of carbonyl (C=O) groups excluding carboxylic acids is 1. The maximum Gasteiger partial charge on any atom is 0.274 e. The number of carbonyl (C=O) groups is 1. The standard InChI is InChI=1S/C12H15N5O/c1-2-17-8-10(13)11(16-17)12(18)15-7-9-4-3-5-14-6-9/h3-6,8H,2,7,13H2,1H3,(H,15,18). The minimum Gasteiger partial charge on any atom is -0.396 e. The Morgan fingerprint density at radius 1 is 1.56 bits per heavy atom. The van der Waals surface area contributed by atoms with Gasteiger partial charge in [-0.05, 0) is 18.6 Å². The lowest BCUT2D eigenvalue weighted by atomic mass is 10.3. The van der Waals surface area contributed by atoms with Gasteiger partial charge in [-0.1, -0.05) is 6.07 Å². The summed E-state index contributed by atoms with van der Waals surface area (Å²) in [5.41, 5.74) is 7.31. The first-order valence-corrected chi connectivity index (χ1v) is 5.70. The van der Waals surface area contributed by atoms with E-state index >= 15 is 0 Å². The molecule has 2 rings (SSSR count). The number of hydrogen-bond donors (Lipinski definition) is 2. The zero-order chi connectivity index (χ0) is 13.0. The van der Waals surface area contributed by atoms with Gasteiger partial charge in [0.15, 0.2) is 5.69 Å². The highest BCUT2D eigenvalue weighted by molar-refractivity contribution is 5.96. The molecule has 0 aliphatic carbocycles. The van der Waals surface area contributed by atoms with Crippen molar-refractivity contribution in [3.8, 4) is 0 Å². The molecule has 0 radical (unpaired) electrons. The van der Waals surface area contributed by atoms with E-state index in [0.29, 0.717) is 18.8 Å². The van der Waals surface area contributed by atoms with Crippen LogP contribution in [0.4, 0.5) is 5.69 Å².